The third-order valence-corrected chi connectivity index (χ3v) is 4.63. The van der Waals surface area contributed by atoms with Gasteiger partial charge >= 0.3 is 6.09 Å². The summed E-state index contributed by atoms with van der Waals surface area (Å²) >= 11 is 2.96. The minimum atomic E-state index is -0.482. The normalized spacial score (nSPS) is 17.7. The van der Waals surface area contributed by atoms with Crippen molar-refractivity contribution in [1.82, 2.24) is 8.61 Å². The van der Waals surface area contributed by atoms with Gasteiger partial charge in [-0.3, -0.25) is 4.84 Å². The Kier molecular flexibility index (Phi) is 6.98. The predicted molar refractivity (Wildman–Crippen MR) is 80.3 cm³/mol. The SMILES string of the molecule is CSC(C)(C)C=NOC(=O)N(C)SN1CCOCC1. The van der Waals surface area contributed by atoms with Crippen LogP contribution in [-0.4, -0.2) is 65.3 Å². The summed E-state index contributed by atoms with van der Waals surface area (Å²) in [4.78, 5) is 16.5. The van der Waals surface area contributed by atoms with E-state index in [2.05, 4.69) is 9.46 Å². The third-order valence-electron chi connectivity index (χ3n) is 2.49. The number of oxime groups is 1. The van der Waals surface area contributed by atoms with E-state index in [0.29, 0.717) is 13.2 Å². The molecular formula is C11H21N3O3S2. The summed E-state index contributed by atoms with van der Waals surface area (Å²) in [5, 5.41) is 3.73. The second-order valence-electron chi connectivity index (χ2n) is 4.52. The predicted octanol–water partition coefficient (Wildman–Crippen LogP) is 2.08. The molecule has 0 spiro atoms. The summed E-state index contributed by atoms with van der Waals surface area (Å²) in [6, 6.07) is 0. The molecule has 110 valence electrons. The lowest BCUT2D eigenvalue weighted by Gasteiger charge is -2.27. The molecule has 0 saturated carbocycles. The number of morpholine rings is 1. The minimum Gasteiger partial charge on any atom is -0.379 e. The van der Waals surface area contributed by atoms with Crippen LogP contribution in [0.1, 0.15) is 13.8 Å². The van der Waals surface area contributed by atoms with Crippen molar-refractivity contribution in [2.75, 3.05) is 39.6 Å². The Hall–Kier alpha value is -0.440. The molecule has 1 amide bonds. The van der Waals surface area contributed by atoms with E-state index in [0.717, 1.165) is 13.1 Å². The first-order valence-corrected chi connectivity index (χ1v) is 7.95. The van der Waals surface area contributed by atoms with Gasteiger partial charge in [0.15, 0.2) is 0 Å². The van der Waals surface area contributed by atoms with Gasteiger partial charge in [0.2, 0.25) is 0 Å². The average molecular weight is 307 g/mol. The molecule has 1 saturated heterocycles. The zero-order valence-corrected chi connectivity index (χ0v) is 13.4. The highest BCUT2D eigenvalue weighted by Gasteiger charge is 2.19. The van der Waals surface area contributed by atoms with Crippen LogP contribution in [0.15, 0.2) is 5.16 Å². The smallest absolute Gasteiger partial charge is 0.379 e. The van der Waals surface area contributed by atoms with Crippen LogP contribution in [0.3, 0.4) is 0 Å². The van der Waals surface area contributed by atoms with Gasteiger partial charge in [-0.05, 0) is 20.1 Å². The fourth-order valence-corrected chi connectivity index (χ4v) is 2.05. The molecule has 0 aromatic carbocycles. The summed E-state index contributed by atoms with van der Waals surface area (Å²) < 4.78 is 8.58. The number of ether oxygens (including phenoxy) is 1. The van der Waals surface area contributed by atoms with Gasteiger partial charge in [0.05, 0.1) is 19.4 Å². The lowest BCUT2D eigenvalue weighted by atomic mass is 10.2. The molecule has 0 unspecified atom stereocenters. The van der Waals surface area contributed by atoms with E-state index in [9.17, 15) is 4.79 Å². The number of nitrogens with zero attached hydrogens (tertiary/aromatic N) is 3. The number of rotatable bonds is 5. The average Bonchev–Trinajstić information content (AvgIpc) is 2.39. The first kappa shape index (κ1) is 16.6. The van der Waals surface area contributed by atoms with Crippen LogP contribution in [0.5, 0.6) is 0 Å². The Balaban J connectivity index is 2.32. The zero-order chi connectivity index (χ0) is 14.3. The number of amides is 1. The largest absolute Gasteiger partial charge is 0.446 e. The first-order valence-electron chi connectivity index (χ1n) is 6.00. The Bertz CT molecular complexity index is 320. The molecule has 19 heavy (non-hydrogen) atoms. The molecule has 1 rings (SSSR count). The molecule has 1 heterocycles. The second kappa shape index (κ2) is 7.98. The van der Waals surface area contributed by atoms with Gasteiger partial charge in [-0.1, -0.05) is 5.16 Å². The third kappa shape index (κ3) is 6.51. The van der Waals surface area contributed by atoms with Gasteiger partial charge < -0.3 is 4.74 Å². The van der Waals surface area contributed by atoms with E-state index in [4.69, 9.17) is 9.57 Å². The van der Waals surface area contributed by atoms with Crippen molar-refractivity contribution in [1.29, 1.82) is 0 Å². The van der Waals surface area contributed by atoms with E-state index < -0.39 is 6.09 Å². The van der Waals surface area contributed by atoms with Crippen molar-refractivity contribution in [2.45, 2.75) is 18.6 Å². The molecule has 0 aliphatic carbocycles. The van der Waals surface area contributed by atoms with Crippen molar-refractivity contribution in [3.05, 3.63) is 0 Å². The monoisotopic (exact) mass is 307 g/mol. The Morgan fingerprint density at radius 3 is 2.68 bits per heavy atom. The maximum atomic E-state index is 11.7. The molecule has 8 heteroatoms. The molecule has 1 fully saturated rings. The van der Waals surface area contributed by atoms with Crippen molar-refractivity contribution in [3.8, 4) is 0 Å². The Morgan fingerprint density at radius 1 is 1.47 bits per heavy atom. The van der Waals surface area contributed by atoms with E-state index in [1.165, 1.54) is 16.4 Å². The molecule has 1 aliphatic rings. The highest BCUT2D eigenvalue weighted by Crippen LogP contribution is 2.19. The highest BCUT2D eigenvalue weighted by atomic mass is 32.2. The molecule has 0 N–H and O–H groups in total. The van der Waals surface area contributed by atoms with Gasteiger partial charge in [-0.25, -0.2) is 13.4 Å². The summed E-state index contributed by atoms with van der Waals surface area (Å²) in [5.41, 5.74) is 0. The highest BCUT2D eigenvalue weighted by molar-refractivity contribution is 8.00. The molecule has 6 nitrogen and oxygen atoms in total. The number of hydrogen-bond donors (Lipinski definition) is 0. The van der Waals surface area contributed by atoms with Gasteiger partial charge in [-0.15, -0.1) is 0 Å². The molecule has 0 radical (unpaired) electrons. The molecule has 0 atom stereocenters. The van der Waals surface area contributed by atoms with Gasteiger partial charge in [0, 0.05) is 37.0 Å². The molecule has 0 aromatic rings. The fourth-order valence-electron chi connectivity index (χ4n) is 1.14. The van der Waals surface area contributed by atoms with E-state index >= 15 is 0 Å². The van der Waals surface area contributed by atoms with Crippen molar-refractivity contribution in [3.63, 3.8) is 0 Å². The maximum absolute atomic E-state index is 11.7. The maximum Gasteiger partial charge on any atom is 0.446 e. The lowest BCUT2D eigenvalue weighted by Crippen LogP contribution is -2.35. The molecule has 0 bridgehead atoms. The van der Waals surface area contributed by atoms with Gasteiger partial charge in [-0.2, -0.15) is 11.8 Å². The fraction of sp³-hybridized carbons (Fsp3) is 0.818. The second-order valence-corrected chi connectivity index (χ2v) is 7.21. The first-order chi connectivity index (χ1) is 8.94. The lowest BCUT2D eigenvalue weighted by molar-refractivity contribution is 0.0753. The Labute approximate surface area is 123 Å². The number of hydrogen-bond acceptors (Lipinski definition) is 7. The van der Waals surface area contributed by atoms with Crippen LogP contribution in [0, 0.1) is 0 Å². The van der Waals surface area contributed by atoms with E-state index in [1.807, 2.05) is 20.1 Å². The Morgan fingerprint density at radius 2 is 2.11 bits per heavy atom. The molecular weight excluding hydrogens is 286 g/mol. The topological polar surface area (TPSA) is 54.4 Å². The van der Waals surface area contributed by atoms with E-state index in [-0.39, 0.29) is 4.75 Å². The number of thioether (sulfide) groups is 1. The summed E-state index contributed by atoms with van der Waals surface area (Å²) in [5.74, 6) is 0. The van der Waals surface area contributed by atoms with Crippen LogP contribution >= 0.6 is 23.9 Å². The molecule has 1 aliphatic heterocycles. The van der Waals surface area contributed by atoms with E-state index in [1.54, 1.807) is 25.0 Å². The van der Waals surface area contributed by atoms with Crippen LogP contribution < -0.4 is 0 Å². The standard InChI is InChI=1S/C11H21N3O3S2/c1-11(2,18-4)9-12-17-10(15)13(3)19-14-5-7-16-8-6-14/h9H,5-8H2,1-4H3. The van der Waals surface area contributed by atoms with Crippen LogP contribution in [0.4, 0.5) is 4.79 Å². The summed E-state index contributed by atoms with van der Waals surface area (Å²) in [6.45, 7) is 6.98. The molecule has 0 aromatic heterocycles. The number of carbonyl (C=O) groups excluding carboxylic acids is 1. The summed E-state index contributed by atoms with van der Waals surface area (Å²) in [6.07, 6.45) is 3.13. The van der Waals surface area contributed by atoms with Gasteiger partial charge in [0.1, 0.15) is 0 Å². The summed E-state index contributed by atoms with van der Waals surface area (Å²) in [7, 11) is 1.66. The zero-order valence-electron chi connectivity index (χ0n) is 11.8. The van der Waals surface area contributed by atoms with Crippen molar-refractivity contribution >= 4 is 36.2 Å². The number of carbonyl (C=O) groups is 1. The van der Waals surface area contributed by atoms with Crippen molar-refractivity contribution < 1.29 is 14.4 Å². The quantitative estimate of drug-likeness (QED) is 0.335. The van der Waals surface area contributed by atoms with Gasteiger partial charge in [0.25, 0.3) is 0 Å². The van der Waals surface area contributed by atoms with Crippen LogP contribution in [0.25, 0.3) is 0 Å². The minimum absolute atomic E-state index is 0.143. The van der Waals surface area contributed by atoms with Crippen molar-refractivity contribution in [2.24, 2.45) is 5.16 Å². The van der Waals surface area contributed by atoms with Crippen LogP contribution in [0.2, 0.25) is 0 Å². The van der Waals surface area contributed by atoms with Crippen LogP contribution in [-0.2, 0) is 9.57 Å².